The van der Waals surface area contributed by atoms with Crippen molar-refractivity contribution >= 4 is 17.3 Å². The minimum atomic E-state index is 0.00388. The standard InChI is InChI=1S/C16H26N4O/c1-18(2)16(21)13-6-7-14(17)15(12-13)19(3)10-11-20-8-4-5-9-20/h6-7,12H,4-5,8-11,17H2,1-3H3. The monoisotopic (exact) mass is 290 g/mol. The van der Waals surface area contributed by atoms with Crippen molar-refractivity contribution in [2.75, 3.05) is 58.0 Å². The third-order valence-electron chi connectivity index (χ3n) is 4.05. The molecule has 0 radical (unpaired) electrons. The molecule has 0 unspecified atom stereocenters. The molecule has 1 saturated heterocycles. The Labute approximate surface area is 127 Å². The lowest BCUT2D eigenvalue weighted by molar-refractivity contribution is 0.0827. The summed E-state index contributed by atoms with van der Waals surface area (Å²) >= 11 is 0. The summed E-state index contributed by atoms with van der Waals surface area (Å²) in [4.78, 5) is 18.3. The van der Waals surface area contributed by atoms with Gasteiger partial charge in [0.05, 0.1) is 11.4 Å². The SMILES string of the molecule is CN(C)C(=O)c1ccc(N)c(N(C)CCN2CCCC2)c1. The minimum Gasteiger partial charge on any atom is -0.397 e. The largest absolute Gasteiger partial charge is 0.397 e. The van der Waals surface area contributed by atoms with Crippen LogP contribution in [0.5, 0.6) is 0 Å². The quantitative estimate of drug-likeness (QED) is 0.835. The van der Waals surface area contributed by atoms with Gasteiger partial charge < -0.3 is 20.4 Å². The highest BCUT2D eigenvalue weighted by atomic mass is 16.2. The fourth-order valence-corrected chi connectivity index (χ4v) is 2.68. The highest BCUT2D eigenvalue weighted by molar-refractivity contribution is 5.96. The smallest absolute Gasteiger partial charge is 0.253 e. The normalized spacial score (nSPS) is 15.2. The second kappa shape index (κ2) is 6.80. The molecule has 0 spiro atoms. The first kappa shape index (κ1) is 15.6. The number of hydrogen-bond acceptors (Lipinski definition) is 4. The maximum atomic E-state index is 12.1. The number of nitrogen functional groups attached to an aromatic ring is 1. The highest BCUT2D eigenvalue weighted by Gasteiger charge is 2.15. The Hall–Kier alpha value is -1.75. The first-order valence-electron chi connectivity index (χ1n) is 7.53. The summed E-state index contributed by atoms with van der Waals surface area (Å²) in [5.74, 6) is 0.00388. The average molecular weight is 290 g/mol. The summed E-state index contributed by atoms with van der Waals surface area (Å²) in [7, 11) is 5.55. The van der Waals surface area contributed by atoms with E-state index >= 15 is 0 Å². The van der Waals surface area contributed by atoms with Crippen molar-refractivity contribution < 1.29 is 4.79 Å². The van der Waals surface area contributed by atoms with Gasteiger partial charge in [-0.2, -0.15) is 0 Å². The summed E-state index contributed by atoms with van der Waals surface area (Å²) in [6.45, 7) is 4.36. The van der Waals surface area contributed by atoms with Crippen molar-refractivity contribution in [1.29, 1.82) is 0 Å². The molecule has 0 atom stereocenters. The number of carbonyl (C=O) groups is 1. The molecular weight excluding hydrogens is 264 g/mol. The van der Waals surface area contributed by atoms with Gasteiger partial charge in [-0.25, -0.2) is 0 Å². The van der Waals surface area contributed by atoms with E-state index in [2.05, 4.69) is 9.80 Å². The van der Waals surface area contributed by atoms with E-state index in [1.807, 2.05) is 19.2 Å². The molecule has 1 aliphatic heterocycles. The number of benzene rings is 1. The number of nitrogens with two attached hydrogens (primary N) is 1. The number of rotatable bonds is 5. The van der Waals surface area contributed by atoms with Gasteiger partial charge in [0.15, 0.2) is 0 Å². The predicted molar refractivity (Wildman–Crippen MR) is 87.8 cm³/mol. The lowest BCUT2D eigenvalue weighted by Gasteiger charge is -2.25. The molecule has 21 heavy (non-hydrogen) atoms. The highest BCUT2D eigenvalue weighted by Crippen LogP contribution is 2.24. The molecule has 1 heterocycles. The summed E-state index contributed by atoms with van der Waals surface area (Å²) in [5.41, 5.74) is 8.40. The maximum absolute atomic E-state index is 12.1. The molecule has 2 N–H and O–H groups in total. The van der Waals surface area contributed by atoms with Crippen LogP contribution in [0.4, 0.5) is 11.4 Å². The van der Waals surface area contributed by atoms with Crippen molar-refractivity contribution in [2.24, 2.45) is 0 Å². The number of likely N-dealkylation sites (tertiary alicyclic amines) is 1. The van der Waals surface area contributed by atoms with Crippen molar-refractivity contribution in [2.45, 2.75) is 12.8 Å². The number of anilines is 2. The van der Waals surface area contributed by atoms with Gasteiger partial charge in [0.1, 0.15) is 0 Å². The summed E-state index contributed by atoms with van der Waals surface area (Å²) in [5, 5.41) is 0. The van der Waals surface area contributed by atoms with Gasteiger partial charge in [0.25, 0.3) is 5.91 Å². The van der Waals surface area contributed by atoms with Crippen LogP contribution in [0.3, 0.4) is 0 Å². The van der Waals surface area contributed by atoms with Gasteiger partial charge in [0, 0.05) is 39.8 Å². The van der Waals surface area contributed by atoms with Crippen LogP contribution in [0.1, 0.15) is 23.2 Å². The Morgan fingerprint density at radius 2 is 1.90 bits per heavy atom. The van der Waals surface area contributed by atoms with Crippen LogP contribution < -0.4 is 10.6 Å². The van der Waals surface area contributed by atoms with Gasteiger partial charge in [0.2, 0.25) is 0 Å². The molecule has 1 aromatic carbocycles. The van der Waals surface area contributed by atoms with Gasteiger partial charge in [-0.05, 0) is 44.1 Å². The molecule has 1 aromatic rings. The molecule has 0 saturated carbocycles. The van der Waals surface area contributed by atoms with Gasteiger partial charge in [-0.3, -0.25) is 4.79 Å². The van der Waals surface area contributed by atoms with Crippen molar-refractivity contribution in [3.05, 3.63) is 23.8 Å². The van der Waals surface area contributed by atoms with Gasteiger partial charge in [-0.1, -0.05) is 0 Å². The summed E-state index contributed by atoms with van der Waals surface area (Å²) in [6.07, 6.45) is 2.61. The third-order valence-corrected chi connectivity index (χ3v) is 4.05. The molecular formula is C16H26N4O. The molecule has 2 rings (SSSR count). The lowest BCUT2D eigenvalue weighted by Crippen LogP contribution is -2.32. The predicted octanol–water partition coefficient (Wildman–Crippen LogP) is 1.50. The Morgan fingerprint density at radius 3 is 2.52 bits per heavy atom. The van der Waals surface area contributed by atoms with Crippen LogP contribution in [-0.4, -0.2) is 63.0 Å². The molecule has 116 valence electrons. The number of carbonyl (C=O) groups excluding carboxylic acids is 1. The second-order valence-electron chi connectivity index (χ2n) is 5.94. The Morgan fingerprint density at radius 1 is 1.24 bits per heavy atom. The second-order valence-corrected chi connectivity index (χ2v) is 5.94. The maximum Gasteiger partial charge on any atom is 0.253 e. The average Bonchev–Trinajstić information content (AvgIpc) is 2.97. The first-order valence-corrected chi connectivity index (χ1v) is 7.53. The Bertz CT molecular complexity index is 495. The Kier molecular flexibility index (Phi) is 5.07. The van der Waals surface area contributed by atoms with E-state index in [1.54, 1.807) is 25.1 Å². The molecule has 0 aliphatic carbocycles. The number of likely N-dealkylation sites (N-methyl/N-ethyl adjacent to an activating group) is 1. The van der Waals surface area contributed by atoms with Crippen LogP contribution in [0.2, 0.25) is 0 Å². The molecule has 0 aromatic heterocycles. The van der Waals surface area contributed by atoms with E-state index in [1.165, 1.54) is 25.9 Å². The molecule has 0 bridgehead atoms. The van der Waals surface area contributed by atoms with Crippen molar-refractivity contribution in [3.8, 4) is 0 Å². The van der Waals surface area contributed by atoms with E-state index in [4.69, 9.17) is 5.73 Å². The van der Waals surface area contributed by atoms with E-state index in [0.717, 1.165) is 18.8 Å². The van der Waals surface area contributed by atoms with E-state index in [-0.39, 0.29) is 5.91 Å². The van der Waals surface area contributed by atoms with Crippen LogP contribution in [0, 0.1) is 0 Å². The van der Waals surface area contributed by atoms with Crippen LogP contribution in [0.25, 0.3) is 0 Å². The molecule has 1 fully saturated rings. The van der Waals surface area contributed by atoms with Gasteiger partial charge in [-0.15, -0.1) is 0 Å². The van der Waals surface area contributed by atoms with Crippen LogP contribution >= 0.6 is 0 Å². The van der Waals surface area contributed by atoms with Crippen molar-refractivity contribution in [3.63, 3.8) is 0 Å². The molecule has 5 heteroatoms. The summed E-state index contributed by atoms with van der Waals surface area (Å²) in [6, 6.07) is 5.50. The third kappa shape index (κ3) is 3.88. The number of amides is 1. The fraction of sp³-hybridized carbons (Fsp3) is 0.562. The fourth-order valence-electron chi connectivity index (χ4n) is 2.68. The van der Waals surface area contributed by atoms with E-state index in [9.17, 15) is 4.79 Å². The zero-order valence-electron chi connectivity index (χ0n) is 13.3. The zero-order chi connectivity index (χ0) is 15.4. The van der Waals surface area contributed by atoms with Crippen LogP contribution in [0.15, 0.2) is 18.2 Å². The van der Waals surface area contributed by atoms with Crippen molar-refractivity contribution in [1.82, 2.24) is 9.80 Å². The molecule has 5 nitrogen and oxygen atoms in total. The van der Waals surface area contributed by atoms with E-state index < -0.39 is 0 Å². The minimum absolute atomic E-state index is 0.00388. The Balaban J connectivity index is 2.06. The van der Waals surface area contributed by atoms with Crippen LogP contribution in [-0.2, 0) is 0 Å². The molecule has 1 aliphatic rings. The topological polar surface area (TPSA) is 52.8 Å². The summed E-state index contributed by atoms with van der Waals surface area (Å²) < 4.78 is 0. The van der Waals surface area contributed by atoms with Gasteiger partial charge >= 0.3 is 0 Å². The lowest BCUT2D eigenvalue weighted by atomic mass is 10.1. The molecule has 1 amide bonds. The zero-order valence-corrected chi connectivity index (χ0v) is 13.3. The van der Waals surface area contributed by atoms with E-state index in [0.29, 0.717) is 11.3 Å². The number of hydrogen-bond donors (Lipinski definition) is 1. The number of nitrogens with zero attached hydrogens (tertiary/aromatic N) is 3. The first-order chi connectivity index (χ1) is 9.99.